The predicted molar refractivity (Wildman–Crippen MR) is 78.2 cm³/mol. The Balaban J connectivity index is 1.84. The van der Waals surface area contributed by atoms with E-state index in [4.69, 9.17) is 0 Å². The summed E-state index contributed by atoms with van der Waals surface area (Å²) in [7, 11) is 2.07. The minimum Gasteiger partial charge on any atom is -0.360 e. The summed E-state index contributed by atoms with van der Waals surface area (Å²) in [6, 6.07) is 10.4. The van der Waals surface area contributed by atoms with E-state index in [1.807, 2.05) is 24.3 Å². The van der Waals surface area contributed by atoms with Crippen LogP contribution in [0.25, 0.3) is 10.9 Å². The first kappa shape index (κ1) is 12.1. The van der Waals surface area contributed by atoms with Crippen LogP contribution in [0.15, 0.2) is 24.3 Å². The summed E-state index contributed by atoms with van der Waals surface area (Å²) in [5.41, 5.74) is 1.82. The number of nitrogens with one attached hydrogen (secondary N) is 1. The number of benzene rings is 1. The van der Waals surface area contributed by atoms with Crippen LogP contribution in [-0.4, -0.2) is 18.6 Å². The molecular weight excluding hydrogens is 234 g/mol. The summed E-state index contributed by atoms with van der Waals surface area (Å²) >= 11 is 0. The molecule has 1 aliphatic rings. The zero-order valence-corrected chi connectivity index (χ0v) is 11.3. The molecule has 0 atom stereocenters. The average Bonchev–Trinajstić information content (AvgIpc) is 2.75. The fraction of sp³-hybridized carbons (Fsp3) is 0.438. The number of rotatable bonds is 4. The molecule has 3 heteroatoms. The first-order chi connectivity index (χ1) is 9.29. The van der Waals surface area contributed by atoms with Crippen molar-refractivity contribution in [3.8, 4) is 6.07 Å². The van der Waals surface area contributed by atoms with Crippen LogP contribution >= 0.6 is 0 Å². The van der Waals surface area contributed by atoms with Crippen molar-refractivity contribution in [2.45, 2.75) is 25.7 Å². The maximum absolute atomic E-state index is 9.39. The minimum atomic E-state index is 0.770. The Bertz CT molecular complexity index is 616. The third-order valence-electron chi connectivity index (χ3n) is 4.28. The Labute approximate surface area is 113 Å². The highest BCUT2D eigenvalue weighted by Gasteiger charge is 2.19. The summed E-state index contributed by atoms with van der Waals surface area (Å²) in [5.74, 6) is 1.86. The van der Waals surface area contributed by atoms with Gasteiger partial charge in [0.25, 0.3) is 0 Å². The molecule has 0 amide bonds. The summed E-state index contributed by atoms with van der Waals surface area (Å²) in [4.78, 5) is 5.57. The van der Waals surface area contributed by atoms with E-state index in [-0.39, 0.29) is 0 Å². The molecule has 19 heavy (non-hydrogen) atoms. The Hall–Kier alpha value is -1.95. The number of H-pyrrole nitrogens is 1. The highest BCUT2D eigenvalue weighted by molar-refractivity contribution is 5.91. The van der Waals surface area contributed by atoms with Crippen LogP contribution < -0.4 is 4.90 Å². The van der Waals surface area contributed by atoms with Crippen molar-refractivity contribution >= 4 is 16.7 Å². The number of aromatic amines is 1. The first-order valence-electron chi connectivity index (χ1n) is 7.01. The Morgan fingerprint density at radius 1 is 1.37 bits per heavy atom. The average molecular weight is 253 g/mol. The van der Waals surface area contributed by atoms with Gasteiger partial charge in [-0.05, 0) is 18.4 Å². The van der Waals surface area contributed by atoms with Crippen LogP contribution in [0, 0.1) is 17.2 Å². The summed E-state index contributed by atoms with van der Waals surface area (Å²) in [6.07, 6.45) is 5.39. The van der Waals surface area contributed by atoms with E-state index < -0.39 is 0 Å². The van der Waals surface area contributed by atoms with Crippen molar-refractivity contribution in [1.82, 2.24) is 4.98 Å². The van der Waals surface area contributed by atoms with Crippen LogP contribution in [0.2, 0.25) is 0 Å². The number of aromatic nitrogens is 1. The van der Waals surface area contributed by atoms with Gasteiger partial charge in [-0.1, -0.05) is 37.5 Å². The number of fused-ring (bicyclic) bond motifs is 1. The highest BCUT2D eigenvalue weighted by Crippen LogP contribution is 2.31. The summed E-state index contributed by atoms with van der Waals surface area (Å²) in [5, 5.41) is 10.4. The molecule has 3 rings (SSSR count). The van der Waals surface area contributed by atoms with Gasteiger partial charge in [-0.3, -0.25) is 0 Å². The molecule has 0 unspecified atom stereocenters. The zero-order valence-electron chi connectivity index (χ0n) is 11.3. The number of para-hydroxylation sites is 1. The van der Waals surface area contributed by atoms with Gasteiger partial charge >= 0.3 is 0 Å². The molecule has 0 aliphatic heterocycles. The maximum atomic E-state index is 9.39. The lowest BCUT2D eigenvalue weighted by atomic mass is 9.83. The Morgan fingerprint density at radius 3 is 2.84 bits per heavy atom. The van der Waals surface area contributed by atoms with Crippen molar-refractivity contribution in [3.05, 3.63) is 29.8 Å². The van der Waals surface area contributed by atoms with Crippen molar-refractivity contribution in [1.29, 1.82) is 5.26 Å². The number of nitrogens with zero attached hydrogens (tertiary/aromatic N) is 2. The fourth-order valence-electron chi connectivity index (χ4n) is 2.80. The molecule has 1 heterocycles. The smallest absolute Gasteiger partial charge is 0.124 e. The van der Waals surface area contributed by atoms with Gasteiger partial charge in [-0.25, -0.2) is 0 Å². The SMILES string of the molecule is CN(CCC1CCC1)c1[nH]c2ccccc2c1C#N. The molecule has 1 N–H and O–H groups in total. The lowest BCUT2D eigenvalue weighted by Gasteiger charge is -2.28. The molecule has 0 saturated heterocycles. The lowest BCUT2D eigenvalue weighted by molar-refractivity contribution is 0.299. The van der Waals surface area contributed by atoms with Gasteiger partial charge in [0.1, 0.15) is 17.5 Å². The third kappa shape index (κ3) is 2.19. The number of anilines is 1. The van der Waals surface area contributed by atoms with E-state index in [0.717, 1.165) is 34.7 Å². The van der Waals surface area contributed by atoms with Gasteiger partial charge in [0.05, 0.1) is 0 Å². The van der Waals surface area contributed by atoms with Crippen molar-refractivity contribution in [2.24, 2.45) is 5.92 Å². The molecule has 0 bridgehead atoms. The Kier molecular flexibility index (Phi) is 3.16. The molecule has 1 aliphatic carbocycles. The van der Waals surface area contributed by atoms with Crippen molar-refractivity contribution in [2.75, 3.05) is 18.5 Å². The molecular formula is C16H19N3. The highest BCUT2D eigenvalue weighted by atomic mass is 15.2. The van der Waals surface area contributed by atoms with E-state index in [1.54, 1.807) is 0 Å². The van der Waals surface area contributed by atoms with Crippen LogP contribution in [0.5, 0.6) is 0 Å². The van der Waals surface area contributed by atoms with Crippen LogP contribution in [0.4, 0.5) is 5.82 Å². The van der Waals surface area contributed by atoms with Gasteiger partial charge in [-0.15, -0.1) is 0 Å². The molecule has 98 valence electrons. The van der Waals surface area contributed by atoms with Gasteiger partial charge in [0, 0.05) is 24.5 Å². The maximum Gasteiger partial charge on any atom is 0.124 e. The number of hydrogen-bond acceptors (Lipinski definition) is 2. The largest absolute Gasteiger partial charge is 0.360 e. The zero-order chi connectivity index (χ0) is 13.2. The summed E-state index contributed by atoms with van der Waals surface area (Å²) < 4.78 is 0. The van der Waals surface area contributed by atoms with Crippen molar-refractivity contribution in [3.63, 3.8) is 0 Å². The van der Waals surface area contributed by atoms with E-state index in [2.05, 4.69) is 23.0 Å². The molecule has 1 saturated carbocycles. The molecule has 0 radical (unpaired) electrons. The third-order valence-corrected chi connectivity index (χ3v) is 4.28. The predicted octanol–water partition coefficient (Wildman–Crippen LogP) is 3.67. The molecule has 1 fully saturated rings. The first-order valence-corrected chi connectivity index (χ1v) is 7.01. The summed E-state index contributed by atoms with van der Waals surface area (Å²) in [6.45, 7) is 1.02. The molecule has 2 aromatic rings. The lowest BCUT2D eigenvalue weighted by Crippen LogP contribution is -2.24. The topological polar surface area (TPSA) is 42.8 Å². The fourth-order valence-corrected chi connectivity index (χ4v) is 2.80. The molecule has 1 aromatic carbocycles. The van der Waals surface area contributed by atoms with E-state index >= 15 is 0 Å². The van der Waals surface area contributed by atoms with E-state index in [9.17, 15) is 5.26 Å². The van der Waals surface area contributed by atoms with Gasteiger partial charge in [0.15, 0.2) is 0 Å². The molecule has 3 nitrogen and oxygen atoms in total. The van der Waals surface area contributed by atoms with Gasteiger partial charge in [-0.2, -0.15) is 5.26 Å². The molecule has 0 spiro atoms. The molecule has 1 aromatic heterocycles. The van der Waals surface area contributed by atoms with Gasteiger partial charge in [0.2, 0.25) is 0 Å². The van der Waals surface area contributed by atoms with Crippen LogP contribution in [0.1, 0.15) is 31.2 Å². The second-order valence-electron chi connectivity index (χ2n) is 5.51. The number of nitriles is 1. The quantitative estimate of drug-likeness (QED) is 0.903. The number of hydrogen-bond donors (Lipinski definition) is 1. The van der Waals surface area contributed by atoms with Gasteiger partial charge < -0.3 is 9.88 Å². The van der Waals surface area contributed by atoms with Crippen LogP contribution in [-0.2, 0) is 0 Å². The second kappa shape index (κ2) is 4.97. The van der Waals surface area contributed by atoms with E-state index in [0.29, 0.717) is 0 Å². The monoisotopic (exact) mass is 253 g/mol. The minimum absolute atomic E-state index is 0.770. The second-order valence-corrected chi connectivity index (χ2v) is 5.51. The standard InChI is InChI=1S/C16H19N3/c1-19(10-9-12-5-4-6-12)16-14(11-17)13-7-2-3-8-15(13)18-16/h2-3,7-8,12,18H,4-6,9-10H2,1H3. The Morgan fingerprint density at radius 2 is 2.16 bits per heavy atom. The van der Waals surface area contributed by atoms with Crippen molar-refractivity contribution < 1.29 is 0 Å². The van der Waals surface area contributed by atoms with E-state index in [1.165, 1.54) is 25.7 Å². The van der Waals surface area contributed by atoms with Crippen LogP contribution in [0.3, 0.4) is 0 Å². The normalized spacial score (nSPS) is 15.2.